The molecular weight excluding hydrogens is 505 g/mol. The van der Waals surface area contributed by atoms with Crippen molar-refractivity contribution in [1.29, 1.82) is 0 Å². The van der Waals surface area contributed by atoms with Gasteiger partial charge in [0.25, 0.3) is 0 Å². The summed E-state index contributed by atoms with van der Waals surface area (Å²) in [7, 11) is 0. The van der Waals surface area contributed by atoms with Gasteiger partial charge in [-0.15, -0.1) is 0 Å². The number of hydrogen-bond donors (Lipinski definition) is 3. The third-order valence-electron chi connectivity index (χ3n) is 4.31. The normalized spacial score (nSPS) is 12.7. The SMILES string of the molecule is Cc1ccc(NC(=O)O[C@H](c2cc(I)ccc2O)[C@@H](C)CCOC(=O)CS)cc1. The molecule has 0 unspecified atom stereocenters. The average molecular weight is 529 g/mol. The van der Waals surface area contributed by atoms with Gasteiger partial charge >= 0.3 is 12.1 Å². The summed E-state index contributed by atoms with van der Waals surface area (Å²) in [6.45, 7) is 4.00. The molecule has 2 aromatic rings. The summed E-state index contributed by atoms with van der Waals surface area (Å²) in [6, 6.07) is 12.5. The van der Waals surface area contributed by atoms with Gasteiger partial charge in [-0.2, -0.15) is 12.6 Å². The van der Waals surface area contributed by atoms with Crippen LogP contribution in [-0.4, -0.2) is 29.5 Å². The van der Waals surface area contributed by atoms with E-state index in [4.69, 9.17) is 9.47 Å². The molecule has 0 saturated heterocycles. The van der Waals surface area contributed by atoms with Gasteiger partial charge in [0.15, 0.2) is 0 Å². The Morgan fingerprint density at radius 1 is 1.21 bits per heavy atom. The van der Waals surface area contributed by atoms with Crippen molar-refractivity contribution < 1.29 is 24.2 Å². The zero-order valence-corrected chi connectivity index (χ0v) is 19.3. The van der Waals surface area contributed by atoms with Crippen molar-refractivity contribution in [2.75, 3.05) is 17.7 Å². The number of hydrogen-bond acceptors (Lipinski definition) is 6. The van der Waals surface area contributed by atoms with Gasteiger partial charge in [-0.1, -0.05) is 24.6 Å². The molecule has 0 heterocycles. The number of halogens is 1. The van der Waals surface area contributed by atoms with Crippen molar-refractivity contribution in [3.63, 3.8) is 0 Å². The zero-order valence-electron chi connectivity index (χ0n) is 16.2. The van der Waals surface area contributed by atoms with Crippen molar-refractivity contribution in [3.8, 4) is 5.75 Å². The Morgan fingerprint density at radius 2 is 1.90 bits per heavy atom. The number of phenolic OH excluding ortho intramolecular Hbond substituents is 1. The van der Waals surface area contributed by atoms with Crippen molar-refractivity contribution >= 4 is 53.0 Å². The second-order valence-electron chi connectivity index (χ2n) is 6.66. The minimum Gasteiger partial charge on any atom is -0.508 e. The monoisotopic (exact) mass is 529 g/mol. The number of rotatable bonds is 8. The lowest BCUT2D eigenvalue weighted by atomic mass is 9.94. The van der Waals surface area contributed by atoms with E-state index in [0.29, 0.717) is 17.7 Å². The highest BCUT2D eigenvalue weighted by Gasteiger charge is 2.27. The molecule has 0 saturated carbocycles. The summed E-state index contributed by atoms with van der Waals surface area (Å²) in [4.78, 5) is 23.8. The quantitative estimate of drug-likeness (QED) is 0.252. The fourth-order valence-corrected chi connectivity index (χ4v) is 3.30. The molecule has 8 heteroatoms. The molecule has 0 bridgehead atoms. The molecule has 2 rings (SSSR count). The van der Waals surface area contributed by atoms with Gasteiger partial charge < -0.3 is 14.6 Å². The lowest BCUT2D eigenvalue weighted by Gasteiger charge is -2.25. The van der Waals surface area contributed by atoms with Crippen molar-refractivity contribution in [1.82, 2.24) is 0 Å². The van der Waals surface area contributed by atoms with Crippen LogP contribution in [0.1, 0.15) is 30.6 Å². The van der Waals surface area contributed by atoms with Crippen LogP contribution in [0.2, 0.25) is 0 Å². The van der Waals surface area contributed by atoms with Crippen LogP contribution < -0.4 is 5.32 Å². The first kappa shape index (κ1) is 23.3. The predicted octanol–water partition coefficient (Wildman–Crippen LogP) is 5.09. The number of amides is 1. The van der Waals surface area contributed by atoms with Crippen molar-refractivity contribution in [3.05, 3.63) is 57.2 Å². The average Bonchev–Trinajstić information content (AvgIpc) is 2.69. The van der Waals surface area contributed by atoms with Gasteiger partial charge in [-0.3, -0.25) is 10.1 Å². The number of carbonyl (C=O) groups excluding carboxylic acids is 2. The molecule has 0 aliphatic rings. The van der Waals surface area contributed by atoms with Crippen LogP contribution in [0.5, 0.6) is 5.75 Å². The van der Waals surface area contributed by atoms with Gasteiger partial charge in [-0.25, -0.2) is 4.79 Å². The van der Waals surface area contributed by atoms with E-state index in [9.17, 15) is 14.7 Å². The zero-order chi connectivity index (χ0) is 21.4. The maximum absolute atomic E-state index is 12.5. The molecule has 0 radical (unpaired) electrons. The summed E-state index contributed by atoms with van der Waals surface area (Å²) in [5, 5.41) is 13.0. The number of aromatic hydroxyl groups is 1. The summed E-state index contributed by atoms with van der Waals surface area (Å²) in [6.07, 6.45) is -0.895. The van der Waals surface area contributed by atoms with E-state index < -0.39 is 18.2 Å². The molecule has 29 heavy (non-hydrogen) atoms. The van der Waals surface area contributed by atoms with E-state index in [1.807, 2.05) is 26.0 Å². The topological polar surface area (TPSA) is 84.9 Å². The van der Waals surface area contributed by atoms with Gasteiger partial charge in [0, 0.05) is 20.7 Å². The first-order valence-electron chi connectivity index (χ1n) is 9.09. The third-order valence-corrected chi connectivity index (χ3v) is 5.24. The standard InChI is InChI=1S/C21H24INO5S/c1-13-3-6-16(7-4-13)23-21(26)28-20(14(2)9-10-27-19(25)12-29)17-11-15(22)5-8-18(17)24/h3-8,11,14,20,24,29H,9-10,12H2,1-2H3,(H,23,26)/t14-,20-/m0/s1. The van der Waals surface area contributed by atoms with E-state index in [0.717, 1.165) is 9.13 Å². The number of benzene rings is 2. The molecule has 156 valence electrons. The van der Waals surface area contributed by atoms with Gasteiger partial charge in [0.1, 0.15) is 11.9 Å². The van der Waals surface area contributed by atoms with Crippen molar-refractivity contribution in [2.24, 2.45) is 5.92 Å². The highest BCUT2D eigenvalue weighted by Crippen LogP contribution is 2.35. The number of ether oxygens (including phenoxy) is 2. The minimum atomic E-state index is -0.718. The molecule has 1 amide bonds. The van der Waals surface area contributed by atoms with Gasteiger partial charge in [0.2, 0.25) is 0 Å². The Kier molecular flexibility index (Phi) is 9.09. The van der Waals surface area contributed by atoms with Crippen LogP contribution in [0.4, 0.5) is 10.5 Å². The number of nitrogens with one attached hydrogen (secondary N) is 1. The summed E-state index contributed by atoms with van der Waals surface area (Å²) in [5.41, 5.74) is 2.19. The van der Waals surface area contributed by atoms with Gasteiger partial charge in [0.05, 0.1) is 12.4 Å². The molecule has 0 spiro atoms. The number of esters is 1. The molecule has 0 fully saturated rings. The maximum Gasteiger partial charge on any atom is 0.412 e. The Morgan fingerprint density at radius 3 is 2.55 bits per heavy atom. The fraction of sp³-hybridized carbons (Fsp3) is 0.333. The number of carbonyl (C=O) groups is 2. The number of thiol groups is 1. The van der Waals surface area contributed by atoms with Crippen LogP contribution in [0, 0.1) is 16.4 Å². The maximum atomic E-state index is 12.5. The molecule has 0 aliphatic heterocycles. The van der Waals surface area contributed by atoms with Crippen LogP contribution >= 0.6 is 35.2 Å². The summed E-state index contributed by atoms with van der Waals surface area (Å²) >= 11 is 6.01. The highest BCUT2D eigenvalue weighted by atomic mass is 127. The minimum absolute atomic E-state index is 0.00489. The van der Waals surface area contributed by atoms with E-state index in [1.54, 1.807) is 30.3 Å². The Hall–Kier alpha value is -1.94. The lowest BCUT2D eigenvalue weighted by molar-refractivity contribution is -0.141. The predicted molar refractivity (Wildman–Crippen MR) is 123 cm³/mol. The van der Waals surface area contributed by atoms with E-state index in [-0.39, 0.29) is 24.0 Å². The van der Waals surface area contributed by atoms with Crippen molar-refractivity contribution in [2.45, 2.75) is 26.4 Å². The van der Waals surface area contributed by atoms with E-state index >= 15 is 0 Å². The van der Waals surface area contributed by atoms with Gasteiger partial charge in [-0.05, 0) is 66.3 Å². The second kappa shape index (κ2) is 11.3. The molecule has 2 N–H and O–H groups in total. The summed E-state index contributed by atoms with van der Waals surface area (Å²) < 4.78 is 11.7. The van der Waals surface area contributed by atoms with Crippen LogP contribution in [-0.2, 0) is 14.3 Å². The Bertz CT molecular complexity index is 843. The largest absolute Gasteiger partial charge is 0.508 e. The number of aryl methyl sites for hydroxylation is 1. The number of phenols is 1. The first-order chi connectivity index (χ1) is 13.8. The fourth-order valence-electron chi connectivity index (χ4n) is 2.69. The first-order valence-corrected chi connectivity index (χ1v) is 10.8. The molecule has 0 aliphatic carbocycles. The molecule has 0 aromatic heterocycles. The highest BCUT2D eigenvalue weighted by molar-refractivity contribution is 14.1. The Labute approximate surface area is 189 Å². The second-order valence-corrected chi connectivity index (χ2v) is 8.23. The summed E-state index contributed by atoms with van der Waals surface area (Å²) in [5.74, 6) is -0.578. The Balaban J connectivity index is 2.14. The van der Waals surface area contributed by atoms with Crippen LogP contribution in [0.25, 0.3) is 0 Å². The smallest absolute Gasteiger partial charge is 0.412 e. The molecular formula is C21H24INO5S. The van der Waals surface area contributed by atoms with Crippen LogP contribution in [0.15, 0.2) is 42.5 Å². The van der Waals surface area contributed by atoms with E-state index in [2.05, 4.69) is 40.5 Å². The molecule has 2 aromatic carbocycles. The van der Waals surface area contributed by atoms with Crippen LogP contribution in [0.3, 0.4) is 0 Å². The lowest BCUT2D eigenvalue weighted by Crippen LogP contribution is -2.23. The molecule has 6 nitrogen and oxygen atoms in total. The number of anilines is 1. The third kappa shape index (κ3) is 7.43. The molecule has 2 atom stereocenters. The van der Waals surface area contributed by atoms with E-state index in [1.165, 1.54) is 0 Å².